The molecule has 0 fully saturated rings. The normalized spacial score (nSPS) is 11.9. The summed E-state index contributed by atoms with van der Waals surface area (Å²) in [5.41, 5.74) is 9.01. The number of nitrogens with zero attached hydrogens (tertiary/aromatic N) is 1. The molecule has 0 aliphatic heterocycles. The van der Waals surface area contributed by atoms with E-state index in [1.54, 1.807) is 0 Å². The fourth-order valence-corrected chi connectivity index (χ4v) is 8.02. The first-order valence-electron chi connectivity index (χ1n) is 17.3. The zero-order valence-electron chi connectivity index (χ0n) is 27.5. The molecule has 238 valence electrons. The Morgan fingerprint density at radius 3 is 1.82 bits per heavy atom. The Hall–Kier alpha value is -6.84. The lowest BCUT2D eigenvalue weighted by atomic mass is 9.98. The highest BCUT2D eigenvalue weighted by atomic mass is 16.3. The van der Waals surface area contributed by atoms with Crippen LogP contribution in [0.5, 0.6) is 0 Å². The van der Waals surface area contributed by atoms with Crippen molar-refractivity contribution in [3.63, 3.8) is 0 Å². The van der Waals surface area contributed by atoms with Crippen molar-refractivity contribution in [2.24, 2.45) is 0 Å². The van der Waals surface area contributed by atoms with Crippen LogP contribution in [0.2, 0.25) is 0 Å². The Morgan fingerprint density at radius 1 is 0.314 bits per heavy atom. The SMILES string of the molecule is c1ccc2c(c1)cc(N(c1ccc(-c3ccc4oc5ccccc5c4c3)cc1)c1cccc3c1oc1c4ccccc4ccc31)c1ccccc12. The van der Waals surface area contributed by atoms with Crippen LogP contribution in [-0.4, -0.2) is 0 Å². The molecule has 0 atom stereocenters. The molecule has 3 heteroatoms. The van der Waals surface area contributed by atoms with Crippen LogP contribution >= 0.6 is 0 Å². The molecule has 0 radical (unpaired) electrons. The van der Waals surface area contributed by atoms with Gasteiger partial charge in [-0.2, -0.15) is 0 Å². The highest BCUT2D eigenvalue weighted by molar-refractivity contribution is 6.19. The second-order valence-corrected chi connectivity index (χ2v) is 13.3. The largest absolute Gasteiger partial charge is 0.456 e. The third kappa shape index (κ3) is 4.25. The Labute approximate surface area is 293 Å². The van der Waals surface area contributed by atoms with Crippen molar-refractivity contribution in [2.75, 3.05) is 4.90 Å². The standard InChI is InChI=1S/C48H29NO2/c1-4-13-36-31(10-1)22-26-41-40-17-9-18-43(48(40)51-47(36)41)49(44-29-33-11-2-3-12-35(33)37-14-5-6-15-38(37)44)34-24-20-30(21-25-34)32-23-27-46-42(28-32)39-16-7-8-19-45(39)50-46/h1-29H. The van der Waals surface area contributed by atoms with Gasteiger partial charge in [0.2, 0.25) is 0 Å². The number of furan rings is 2. The Bertz CT molecular complexity index is 3150. The molecule has 2 heterocycles. The van der Waals surface area contributed by atoms with Crippen molar-refractivity contribution in [3.05, 3.63) is 176 Å². The van der Waals surface area contributed by atoms with E-state index in [0.29, 0.717) is 0 Å². The van der Waals surface area contributed by atoms with Crippen molar-refractivity contribution in [3.8, 4) is 11.1 Å². The van der Waals surface area contributed by atoms with Gasteiger partial charge in [-0.15, -0.1) is 0 Å². The summed E-state index contributed by atoms with van der Waals surface area (Å²) in [6.07, 6.45) is 0. The first-order chi connectivity index (χ1) is 25.3. The highest BCUT2D eigenvalue weighted by Crippen LogP contribution is 2.47. The van der Waals surface area contributed by atoms with Crippen LogP contribution in [0.3, 0.4) is 0 Å². The minimum absolute atomic E-state index is 0.863. The van der Waals surface area contributed by atoms with Gasteiger partial charge in [0, 0.05) is 38.0 Å². The second-order valence-electron chi connectivity index (χ2n) is 13.3. The summed E-state index contributed by atoms with van der Waals surface area (Å²) < 4.78 is 13.1. The number of para-hydroxylation sites is 2. The fourth-order valence-electron chi connectivity index (χ4n) is 8.02. The molecule has 11 aromatic rings. The van der Waals surface area contributed by atoms with E-state index < -0.39 is 0 Å². The monoisotopic (exact) mass is 651 g/mol. The lowest BCUT2D eigenvalue weighted by molar-refractivity contribution is 0.669. The van der Waals surface area contributed by atoms with Gasteiger partial charge in [-0.1, -0.05) is 127 Å². The molecule has 9 aromatic carbocycles. The lowest BCUT2D eigenvalue weighted by Gasteiger charge is -2.27. The van der Waals surface area contributed by atoms with Gasteiger partial charge in [-0.25, -0.2) is 0 Å². The number of benzene rings is 9. The van der Waals surface area contributed by atoms with Gasteiger partial charge >= 0.3 is 0 Å². The summed E-state index contributed by atoms with van der Waals surface area (Å²) in [6.45, 7) is 0. The van der Waals surface area contributed by atoms with E-state index >= 15 is 0 Å². The Morgan fingerprint density at radius 2 is 0.961 bits per heavy atom. The summed E-state index contributed by atoms with van der Waals surface area (Å²) >= 11 is 0. The van der Waals surface area contributed by atoms with Crippen LogP contribution in [0.4, 0.5) is 17.1 Å². The van der Waals surface area contributed by atoms with E-state index in [1.165, 1.54) is 26.9 Å². The predicted molar refractivity (Wildman–Crippen MR) is 214 cm³/mol. The van der Waals surface area contributed by atoms with Crippen LogP contribution < -0.4 is 4.90 Å². The number of anilines is 3. The Balaban J connectivity index is 1.15. The van der Waals surface area contributed by atoms with Crippen LogP contribution in [0.25, 0.3) is 87.3 Å². The molecule has 0 saturated carbocycles. The van der Waals surface area contributed by atoms with Gasteiger partial charge < -0.3 is 13.7 Å². The zero-order valence-corrected chi connectivity index (χ0v) is 27.5. The van der Waals surface area contributed by atoms with Crippen LogP contribution in [-0.2, 0) is 0 Å². The van der Waals surface area contributed by atoms with E-state index in [0.717, 1.165) is 77.5 Å². The molecular formula is C48H29NO2. The summed E-state index contributed by atoms with van der Waals surface area (Å²) in [6, 6.07) is 62.6. The topological polar surface area (TPSA) is 29.5 Å². The second kappa shape index (κ2) is 10.8. The average molecular weight is 652 g/mol. The van der Waals surface area contributed by atoms with Gasteiger partial charge in [0.25, 0.3) is 0 Å². The highest BCUT2D eigenvalue weighted by Gasteiger charge is 2.22. The van der Waals surface area contributed by atoms with Crippen LogP contribution in [0.1, 0.15) is 0 Å². The molecule has 0 bridgehead atoms. The third-order valence-electron chi connectivity index (χ3n) is 10.4. The summed E-state index contributed by atoms with van der Waals surface area (Å²) in [5.74, 6) is 0. The smallest absolute Gasteiger partial charge is 0.159 e. The van der Waals surface area contributed by atoms with E-state index in [2.05, 4.69) is 169 Å². The zero-order chi connectivity index (χ0) is 33.5. The number of fused-ring (bicyclic) bond motifs is 11. The van der Waals surface area contributed by atoms with Crippen molar-refractivity contribution in [2.45, 2.75) is 0 Å². The van der Waals surface area contributed by atoms with E-state index in [-0.39, 0.29) is 0 Å². The molecule has 0 aliphatic carbocycles. The van der Waals surface area contributed by atoms with Gasteiger partial charge in [-0.3, -0.25) is 0 Å². The maximum absolute atomic E-state index is 6.93. The minimum Gasteiger partial charge on any atom is -0.456 e. The number of hydrogen-bond acceptors (Lipinski definition) is 3. The van der Waals surface area contributed by atoms with Gasteiger partial charge in [0.05, 0.1) is 11.4 Å². The lowest BCUT2D eigenvalue weighted by Crippen LogP contribution is -2.11. The Kier molecular flexibility index (Phi) is 5.96. The molecule has 3 nitrogen and oxygen atoms in total. The van der Waals surface area contributed by atoms with Crippen molar-refractivity contribution in [1.82, 2.24) is 0 Å². The van der Waals surface area contributed by atoms with Crippen LogP contribution in [0, 0.1) is 0 Å². The van der Waals surface area contributed by atoms with E-state index in [9.17, 15) is 0 Å². The number of hydrogen-bond donors (Lipinski definition) is 0. The molecule has 0 unspecified atom stereocenters. The van der Waals surface area contributed by atoms with Gasteiger partial charge in [0.1, 0.15) is 16.7 Å². The molecule has 0 saturated heterocycles. The van der Waals surface area contributed by atoms with Crippen molar-refractivity contribution in [1.29, 1.82) is 0 Å². The predicted octanol–water partition coefficient (Wildman–Crippen LogP) is 14.1. The first-order valence-corrected chi connectivity index (χ1v) is 17.3. The number of rotatable bonds is 4. The van der Waals surface area contributed by atoms with Gasteiger partial charge in [-0.05, 0) is 81.2 Å². The maximum atomic E-state index is 6.93. The van der Waals surface area contributed by atoms with Gasteiger partial charge in [0.15, 0.2) is 5.58 Å². The fraction of sp³-hybridized carbons (Fsp3) is 0. The molecule has 0 amide bonds. The average Bonchev–Trinajstić information content (AvgIpc) is 3.77. The van der Waals surface area contributed by atoms with Crippen LogP contribution in [0.15, 0.2) is 185 Å². The first kappa shape index (κ1) is 28.0. The molecular weight excluding hydrogens is 623 g/mol. The summed E-state index contributed by atoms with van der Waals surface area (Å²) in [5, 5.41) is 11.6. The summed E-state index contributed by atoms with van der Waals surface area (Å²) in [4.78, 5) is 2.37. The summed E-state index contributed by atoms with van der Waals surface area (Å²) in [7, 11) is 0. The maximum Gasteiger partial charge on any atom is 0.159 e. The molecule has 51 heavy (non-hydrogen) atoms. The van der Waals surface area contributed by atoms with Crippen molar-refractivity contribution >= 4 is 93.3 Å². The molecule has 11 rings (SSSR count). The quantitative estimate of drug-likeness (QED) is 0.177. The molecule has 2 aromatic heterocycles. The minimum atomic E-state index is 0.863. The van der Waals surface area contributed by atoms with E-state index in [1.807, 2.05) is 12.1 Å². The van der Waals surface area contributed by atoms with E-state index in [4.69, 9.17) is 8.83 Å². The molecule has 0 N–H and O–H groups in total. The molecule has 0 spiro atoms. The third-order valence-corrected chi connectivity index (χ3v) is 10.4. The van der Waals surface area contributed by atoms with Crippen molar-refractivity contribution < 1.29 is 8.83 Å². The molecule has 0 aliphatic rings.